The Labute approximate surface area is 168 Å². The lowest BCUT2D eigenvalue weighted by atomic mass is 9.96. The zero-order valence-electron chi connectivity index (χ0n) is 15.9. The Balaban J connectivity index is 1.45. The smallest absolute Gasteiger partial charge is 0.243 e. The van der Waals surface area contributed by atoms with Crippen molar-refractivity contribution in [2.75, 3.05) is 20.2 Å². The van der Waals surface area contributed by atoms with Crippen LogP contribution < -0.4 is 4.74 Å². The van der Waals surface area contributed by atoms with E-state index >= 15 is 0 Å². The minimum Gasteiger partial charge on any atom is -0.497 e. The Morgan fingerprint density at radius 3 is 2.79 bits per heavy atom. The summed E-state index contributed by atoms with van der Waals surface area (Å²) in [5.74, 6) is 1.58. The molecule has 1 saturated heterocycles. The van der Waals surface area contributed by atoms with Crippen LogP contribution in [-0.4, -0.2) is 53.0 Å². The van der Waals surface area contributed by atoms with Gasteiger partial charge in [-0.15, -0.1) is 0 Å². The zero-order chi connectivity index (χ0) is 20.3. The van der Waals surface area contributed by atoms with Gasteiger partial charge in [-0.1, -0.05) is 5.16 Å². The summed E-state index contributed by atoms with van der Waals surface area (Å²) in [6.45, 7) is 0.913. The molecule has 1 aliphatic heterocycles. The van der Waals surface area contributed by atoms with Crippen molar-refractivity contribution in [2.45, 2.75) is 24.2 Å². The highest BCUT2D eigenvalue weighted by Gasteiger charge is 2.31. The van der Waals surface area contributed by atoms with Gasteiger partial charge in [-0.2, -0.15) is 9.29 Å². The number of aromatic nitrogens is 4. The van der Waals surface area contributed by atoms with E-state index in [1.54, 1.807) is 50.0 Å². The molecule has 3 heterocycles. The zero-order valence-corrected chi connectivity index (χ0v) is 16.7. The molecular formula is C19H21N5O4S. The molecule has 0 spiro atoms. The molecule has 0 N–H and O–H groups in total. The van der Waals surface area contributed by atoms with E-state index in [1.165, 1.54) is 4.31 Å². The van der Waals surface area contributed by atoms with Crippen LogP contribution in [-0.2, 0) is 16.4 Å². The summed E-state index contributed by atoms with van der Waals surface area (Å²) in [6.07, 6.45) is 6.90. The van der Waals surface area contributed by atoms with Gasteiger partial charge >= 0.3 is 0 Å². The number of nitrogens with zero attached hydrogens (tertiary/aromatic N) is 5. The molecule has 2 aromatic heterocycles. The Hall–Kier alpha value is -2.85. The predicted octanol–water partition coefficient (Wildman–Crippen LogP) is 2.18. The molecular weight excluding hydrogens is 394 g/mol. The molecule has 1 fully saturated rings. The molecule has 0 amide bonds. The standard InChI is InChI=1S/C19H21N5O4S/c1-27-15-4-6-16(7-5-15)29(25,26)24-10-2-3-14(13-24)11-18-22-19(23-28-18)17-12-20-8-9-21-17/h4-9,12,14H,2-3,10-11,13H2,1H3. The van der Waals surface area contributed by atoms with Crippen molar-refractivity contribution in [3.05, 3.63) is 48.7 Å². The minimum atomic E-state index is -3.56. The van der Waals surface area contributed by atoms with Gasteiger partial charge in [0.25, 0.3) is 0 Å². The summed E-state index contributed by atoms with van der Waals surface area (Å²) in [7, 11) is -2.01. The molecule has 9 nitrogen and oxygen atoms in total. The number of hydrogen-bond acceptors (Lipinski definition) is 8. The van der Waals surface area contributed by atoms with E-state index in [0.29, 0.717) is 42.7 Å². The lowest BCUT2D eigenvalue weighted by Gasteiger charge is -2.31. The van der Waals surface area contributed by atoms with Crippen molar-refractivity contribution >= 4 is 10.0 Å². The molecule has 0 radical (unpaired) electrons. The summed E-state index contributed by atoms with van der Waals surface area (Å²) in [6, 6.07) is 6.45. The first-order valence-corrected chi connectivity index (χ1v) is 10.7. The Morgan fingerprint density at radius 1 is 1.24 bits per heavy atom. The maximum atomic E-state index is 13.0. The van der Waals surface area contributed by atoms with Crippen LogP contribution >= 0.6 is 0 Å². The normalized spacial score (nSPS) is 17.9. The molecule has 29 heavy (non-hydrogen) atoms. The molecule has 1 unspecified atom stereocenters. The van der Waals surface area contributed by atoms with E-state index < -0.39 is 10.0 Å². The van der Waals surface area contributed by atoms with E-state index in [4.69, 9.17) is 9.26 Å². The Bertz CT molecular complexity index is 1050. The summed E-state index contributed by atoms with van der Waals surface area (Å²) < 4.78 is 38.0. The predicted molar refractivity (Wildman–Crippen MR) is 104 cm³/mol. The second-order valence-electron chi connectivity index (χ2n) is 6.85. The highest BCUT2D eigenvalue weighted by atomic mass is 32.2. The monoisotopic (exact) mass is 415 g/mol. The van der Waals surface area contributed by atoms with Crippen molar-refractivity contribution in [2.24, 2.45) is 5.92 Å². The number of methoxy groups -OCH3 is 1. The average Bonchev–Trinajstić information content (AvgIpc) is 3.23. The van der Waals surface area contributed by atoms with Gasteiger partial charge < -0.3 is 9.26 Å². The van der Waals surface area contributed by atoms with Crippen molar-refractivity contribution < 1.29 is 17.7 Å². The maximum Gasteiger partial charge on any atom is 0.243 e. The number of hydrogen-bond donors (Lipinski definition) is 0. The number of ether oxygens (including phenoxy) is 1. The largest absolute Gasteiger partial charge is 0.497 e. The fourth-order valence-electron chi connectivity index (χ4n) is 3.41. The highest BCUT2D eigenvalue weighted by molar-refractivity contribution is 7.89. The SMILES string of the molecule is COc1ccc(S(=O)(=O)N2CCCC(Cc3nc(-c4cnccn4)no3)C2)cc1. The van der Waals surface area contributed by atoms with Crippen LogP contribution in [0.2, 0.25) is 0 Å². The van der Waals surface area contributed by atoms with E-state index in [9.17, 15) is 8.42 Å². The molecule has 0 aliphatic carbocycles. The van der Waals surface area contributed by atoms with Crippen LogP contribution in [0.15, 0.2) is 52.3 Å². The Kier molecular flexibility index (Phi) is 5.54. The number of benzene rings is 1. The minimum absolute atomic E-state index is 0.104. The molecule has 0 saturated carbocycles. The number of sulfonamides is 1. The van der Waals surface area contributed by atoms with Gasteiger partial charge in [-0.25, -0.2) is 13.4 Å². The van der Waals surface area contributed by atoms with E-state index in [1.807, 2.05) is 0 Å². The van der Waals surface area contributed by atoms with Crippen molar-refractivity contribution in [1.29, 1.82) is 0 Å². The number of rotatable bonds is 6. The van der Waals surface area contributed by atoms with Crippen LogP contribution in [0, 0.1) is 5.92 Å². The molecule has 1 aromatic carbocycles. The molecule has 3 aromatic rings. The first-order valence-electron chi connectivity index (χ1n) is 9.29. The third-order valence-corrected chi connectivity index (χ3v) is 6.78. The average molecular weight is 415 g/mol. The summed E-state index contributed by atoms with van der Waals surface area (Å²) in [4.78, 5) is 12.8. The quantitative estimate of drug-likeness (QED) is 0.602. The fourth-order valence-corrected chi connectivity index (χ4v) is 4.97. The first kappa shape index (κ1) is 19.5. The third-order valence-electron chi connectivity index (χ3n) is 4.90. The molecule has 1 atom stereocenters. The Morgan fingerprint density at radius 2 is 2.07 bits per heavy atom. The molecule has 152 valence electrons. The van der Waals surface area contributed by atoms with Crippen LogP contribution in [0.1, 0.15) is 18.7 Å². The van der Waals surface area contributed by atoms with Crippen LogP contribution in [0.5, 0.6) is 5.75 Å². The fraction of sp³-hybridized carbons (Fsp3) is 0.368. The summed E-state index contributed by atoms with van der Waals surface area (Å²) in [5.41, 5.74) is 0.537. The first-order chi connectivity index (χ1) is 14.1. The molecule has 1 aliphatic rings. The van der Waals surface area contributed by atoms with Crippen LogP contribution in [0.3, 0.4) is 0 Å². The van der Waals surface area contributed by atoms with Crippen LogP contribution in [0.4, 0.5) is 0 Å². The van der Waals surface area contributed by atoms with Gasteiger partial charge in [0.15, 0.2) is 0 Å². The lowest BCUT2D eigenvalue weighted by Crippen LogP contribution is -2.40. The van der Waals surface area contributed by atoms with Crippen molar-refractivity contribution in [3.8, 4) is 17.3 Å². The molecule has 0 bridgehead atoms. The van der Waals surface area contributed by atoms with Gasteiger partial charge in [-0.3, -0.25) is 4.98 Å². The molecule has 10 heteroatoms. The van der Waals surface area contributed by atoms with Crippen LogP contribution in [0.25, 0.3) is 11.5 Å². The highest BCUT2D eigenvalue weighted by Crippen LogP contribution is 2.27. The van der Waals surface area contributed by atoms with Crippen molar-refractivity contribution in [3.63, 3.8) is 0 Å². The van der Waals surface area contributed by atoms with E-state index in [2.05, 4.69) is 20.1 Å². The van der Waals surface area contributed by atoms with Gasteiger partial charge in [0.1, 0.15) is 11.4 Å². The maximum absolute atomic E-state index is 13.0. The van der Waals surface area contributed by atoms with Crippen molar-refractivity contribution in [1.82, 2.24) is 24.4 Å². The number of piperidine rings is 1. The summed E-state index contributed by atoms with van der Waals surface area (Å²) >= 11 is 0. The second kappa shape index (κ2) is 8.26. The van der Waals surface area contributed by atoms with Gasteiger partial charge in [0, 0.05) is 31.9 Å². The van der Waals surface area contributed by atoms with E-state index in [0.717, 1.165) is 12.8 Å². The topological polar surface area (TPSA) is 111 Å². The molecule has 4 rings (SSSR count). The summed E-state index contributed by atoms with van der Waals surface area (Å²) in [5, 5.41) is 3.95. The second-order valence-corrected chi connectivity index (χ2v) is 8.79. The van der Waals surface area contributed by atoms with Gasteiger partial charge in [0.2, 0.25) is 21.7 Å². The van der Waals surface area contributed by atoms with Gasteiger partial charge in [0.05, 0.1) is 18.2 Å². The van der Waals surface area contributed by atoms with E-state index in [-0.39, 0.29) is 10.8 Å². The van der Waals surface area contributed by atoms with Gasteiger partial charge in [-0.05, 0) is 43.0 Å². The third kappa shape index (κ3) is 4.28. The lowest BCUT2D eigenvalue weighted by molar-refractivity contribution is 0.247.